The Hall–Kier alpha value is -5.93. The van der Waals surface area contributed by atoms with Gasteiger partial charge in [-0.2, -0.15) is 21.9 Å². The van der Waals surface area contributed by atoms with Crippen molar-refractivity contribution in [2.45, 2.75) is 53.6 Å². The van der Waals surface area contributed by atoms with Gasteiger partial charge in [0.15, 0.2) is 0 Å². The van der Waals surface area contributed by atoms with Gasteiger partial charge >= 0.3 is 105 Å². The molecule has 0 aliphatic carbocycles. The third-order valence-corrected chi connectivity index (χ3v) is 11.6. The Morgan fingerprint density at radius 1 is 0.464 bits per heavy atom. The molecule has 0 radical (unpaired) electrons. The third kappa shape index (κ3) is 7.91. The number of allylic oxidation sites excluding steroid dienone is 2. The average Bonchev–Trinajstić information content (AvgIpc) is 3.55. The van der Waals surface area contributed by atoms with Gasteiger partial charge in [-0.25, -0.2) is 0 Å². The quantitative estimate of drug-likeness (QED) is 0.125. The van der Waals surface area contributed by atoms with Crippen LogP contribution in [0, 0.1) is 0 Å². The molecule has 0 bridgehead atoms. The fourth-order valence-electron chi connectivity index (χ4n) is 8.55. The summed E-state index contributed by atoms with van der Waals surface area (Å²) in [6, 6.07) is 66.3. The zero-order valence-corrected chi connectivity index (χ0v) is 33.8. The van der Waals surface area contributed by atoms with E-state index in [1.54, 1.807) is 0 Å². The Labute approximate surface area is 334 Å². The normalized spacial score (nSPS) is 12.9. The van der Waals surface area contributed by atoms with E-state index in [1.165, 1.54) is 60.2 Å². The van der Waals surface area contributed by atoms with Crippen LogP contribution < -0.4 is 26.2 Å². The molecule has 56 heavy (non-hydrogen) atoms. The second-order valence-electron chi connectivity index (χ2n) is 15.6. The molecule has 5 heteroatoms. The molecule has 1 aliphatic heterocycles. The molecule has 0 atom stereocenters. The Balaban J connectivity index is 0.000000136. The number of aromatic nitrogens is 1. The van der Waals surface area contributed by atoms with Crippen LogP contribution in [0.3, 0.4) is 0 Å². The number of hydrogen-bond donors (Lipinski definition) is 0. The topological polar surface area (TPSA) is 10.6 Å². The molecule has 0 saturated carbocycles. The molecule has 1 aliphatic rings. The molecule has 6 aromatic carbocycles. The Bertz CT molecular complexity index is 2210. The summed E-state index contributed by atoms with van der Waals surface area (Å²) in [6.07, 6.45) is 0.872. The van der Waals surface area contributed by atoms with Gasteiger partial charge in [-0.1, -0.05) is 121 Å². The van der Waals surface area contributed by atoms with Crippen molar-refractivity contribution in [1.82, 2.24) is 9.80 Å². The van der Waals surface area contributed by atoms with Crippen LogP contribution in [-0.2, 0) is 0 Å². The van der Waals surface area contributed by atoms with Crippen molar-refractivity contribution in [3.05, 3.63) is 200 Å². The molecular weight excluding hydrogens is 676 g/mol. The first-order chi connectivity index (χ1) is 27.3. The SMILES string of the molecule is CC1=C(C)N(C(C)C)CN1C(C)C.b1c2cc3ccccc3cc2cc2cccc[n+]12.c1ccc([B-](c2ccccc2)(c2ccccc2)c2ccccc2)cc1. The van der Waals surface area contributed by atoms with Gasteiger partial charge in [0.1, 0.15) is 6.15 Å². The predicted octanol–water partition coefficient (Wildman–Crippen LogP) is 8.76. The van der Waals surface area contributed by atoms with Crippen molar-refractivity contribution < 1.29 is 4.31 Å². The number of pyridine rings is 1. The predicted molar refractivity (Wildman–Crippen MR) is 243 cm³/mol. The number of rotatable bonds is 6. The second-order valence-corrected chi connectivity index (χ2v) is 15.6. The van der Waals surface area contributed by atoms with Gasteiger partial charge in [0.05, 0.1) is 6.67 Å². The largest absolute Gasteiger partial charge is 0.195 e. The van der Waals surface area contributed by atoms with Gasteiger partial charge in [0.2, 0.25) is 0 Å². The molecule has 3 heterocycles. The van der Waals surface area contributed by atoms with Crippen LogP contribution in [0.25, 0.3) is 27.0 Å². The van der Waals surface area contributed by atoms with Gasteiger partial charge < -0.3 is 9.80 Å². The first kappa shape index (κ1) is 38.3. The zero-order chi connectivity index (χ0) is 39.1. The average molecular weight is 730 g/mol. The van der Waals surface area contributed by atoms with Crippen molar-refractivity contribution in [3.8, 4) is 0 Å². The van der Waals surface area contributed by atoms with Gasteiger partial charge in [-0.05, 0) is 41.5 Å². The van der Waals surface area contributed by atoms with Gasteiger partial charge in [-0.3, -0.25) is 0 Å². The minimum absolute atomic E-state index is 0.610. The van der Waals surface area contributed by atoms with E-state index in [0.717, 1.165) is 6.67 Å². The minimum Gasteiger partial charge on any atom is -0.195 e. The molecule has 2 aromatic heterocycles. The van der Waals surface area contributed by atoms with Crippen LogP contribution in [0.2, 0.25) is 0 Å². The van der Waals surface area contributed by atoms with Crippen molar-refractivity contribution in [2.24, 2.45) is 0 Å². The maximum atomic E-state index is 2.45. The fourth-order valence-corrected chi connectivity index (χ4v) is 8.55. The van der Waals surface area contributed by atoms with Crippen molar-refractivity contribution >= 4 is 62.0 Å². The first-order valence-corrected chi connectivity index (χ1v) is 20.1. The van der Waals surface area contributed by atoms with E-state index in [0.29, 0.717) is 12.1 Å². The van der Waals surface area contributed by atoms with E-state index in [1.807, 2.05) is 0 Å². The number of fused-ring (bicyclic) bond motifs is 3. The van der Waals surface area contributed by atoms with Crippen LogP contribution in [-0.4, -0.2) is 41.8 Å². The maximum absolute atomic E-state index is 2.45. The van der Waals surface area contributed by atoms with Crippen molar-refractivity contribution in [2.75, 3.05) is 6.67 Å². The van der Waals surface area contributed by atoms with E-state index < -0.39 is 6.15 Å². The van der Waals surface area contributed by atoms with Crippen molar-refractivity contribution in [1.29, 1.82) is 0 Å². The molecule has 0 N–H and O–H groups in total. The summed E-state index contributed by atoms with van der Waals surface area (Å²) in [7, 11) is 2.19. The second kappa shape index (κ2) is 17.3. The minimum atomic E-state index is -1.22. The molecule has 0 amide bonds. The summed E-state index contributed by atoms with van der Waals surface area (Å²) < 4.78 is 2.16. The maximum Gasteiger partial charge on any atom is 0.108 e. The Morgan fingerprint density at radius 3 is 1.27 bits per heavy atom. The van der Waals surface area contributed by atoms with E-state index in [4.69, 9.17) is 0 Å². The summed E-state index contributed by atoms with van der Waals surface area (Å²) >= 11 is 0. The van der Waals surface area contributed by atoms with Crippen LogP contribution >= 0.6 is 0 Å². The Morgan fingerprint density at radius 2 is 0.857 bits per heavy atom. The van der Waals surface area contributed by atoms with Crippen LogP contribution in [0.5, 0.6) is 0 Å². The molecule has 3 nitrogen and oxygen atoms in total. The monoisotopic (exact) mass is 729 g/mol. The number of benzene rings is 6. The van der Waals surface area contributed by atoms with Crippen LogP contribution in [0.4, 0.5) is 0 Å². The van der Waals surface area contributed by atoms with Gasteiger partial charge in [-0.15, -0.1) is 0 Å². The smallest absolute Gasteiger partial charge is 0.108 e. The summed E-state index contributed by atoms with van der Waals surface area (Å²) in [6.45, 7) is 14.5. The Kier molecular flexibility index (Phi) is 11.8. The van der Waals surface area contributed by atoms with Crippen LogP contribution in [0.1, 0.15) is 41.5 Å². The molecule has 0 spiro atoms. The molecule has 0 unspecified atom stereocenters. The van der Waals surface area contributed by atoms with E-state index >= 15 is 0 Å². The number of hydrogen-bond acceptors (Lipinski definition) is 2. The summed E-state index contributed by atoms with van der Waals surface area (Å²) in [5, 5.41) is 5.16. The standard InChI is InChI=1S/C24H20B.C16H11BN.C11H22N2/c1-5-13-21(14-6-1)25(22-15-7-2-8-16-22,23-17-9-3-10-18-23)24-19-11-4-12-20-24;1-2-6-13-11-16-14(9-12(13)5-1)10-15-7-3-4-8-18(15)17-16;1-8(2)12-7-13(9(3)4)11(6)10(12)5/h1-20H;1-11H;8-9H,7H2,1-6H3/q-1;+1;. The first-order valence-electron chi connectivity index (χ1n) is 20.1. The van der Waals surface area contributed by atoms with E-state index in [-0.39, 0.29) is 0 Å². The number of nitrogens with zero attached hydrogens (tertiary/aromatic N) is 3. The van der Waals surface area contributed by atoms with E-state index in [9.17, 15) is 0 Å². The summed E-state index contributed by atoms with van der Waals surface area (Å²) in [4.78, 5) is 4.91. The molecule has 278 valence electrons. The molecule has 8 aromatic rings. The van der Waals surface area contributed by atoms with Gasteiger partial charge in [0, 0.05) is 23.5 Å². The van der Waals surface area contributed by atoms with E-state index in [2.05, 4.69) is 251 Å². The van der Waals surface area contributed by atoms with Gasteiger partial charge in [0.25, 0.3) is 0 Å². The molecule has 0 fully saturated rings. The zero-order valence-electron chi connectivity index (χ0n) is 33.8. The van der Waals surface area contributed by atoms with Crippen molar-refractivity contribution in [3.63, 3.8) is 0 Å². The fraction of sp³-hybridized carbons (Fsp3) is 0.176. The third-order valence-electron chi connectivity index (χ3n) is 11.6. The molecular formula is C51H53B2N3. The summed E-state index contributed by atoms with van der Waals surface area (Å²) in [5.41, 5.74) is 9.45. The molecule has 0 saturated heterocycles. The van der Waals surface area contributed by atoms with Crippen LogP contribution in [0.15, 0.2) is 200 Å². The molecule has 9 rings (SSSR count). The summed E-state index contributed by atoms with van der Waals surface area (Å²) in [5.74, 6) is 0.